The van der Waals surface area contributed by atoms with Crippen molar-refractivity contribution in [2.75, 3.05) is 37.7 Å². The van der Waals surface area contributed by atoms with Crippen LogP contribution in [0.4, 0.5) is 5.95 Å². The number of carbonyl (C=O) groups is 1. The molecular weight excluding hydrogens is 386 g/mol. The Kier molecular flexibility index (Phi) is 6.31. The number of hydrogen-bond acceptors (Lipinski definition) is 8. The van der Waals surface area contributed by atoms with E-state index >= 15 is 0 Å². The summed E-state index contributed by atoms with van der Waals surface area (Å²) in [7, 11) is 0. The van der Waals surface area contributed by atoms with Crippen molar-refractivity contribution in [3.8, 4) is 11.3 Å². The van der Waals surface area contributed by atoms with Crippen LogP contribution in [-0.4, -0.2) is 58.8 Å². The number of hydrogen-bond donors (Lipinski definition) is 2. The first-order chi connectivity index (χ1) is 14.7. The average Bonchev–Trinajstić information content (AvgIpc) is 3.35. The molecule has 9 heteroatoms. The molecule has 1 fully saturated rings. The highest BCUT2D eigenvalue weighted by Gasteiger charge is 2.20. The fourth-order valence-electron chi connectivity index (χ4n) is 3.22. The van der Waals surface area contributed by atoms with E-state index in [1.54, 1.807) is 36.8 Å². The highest BCUT2D eigenvalue weighted by atomic mass is 16.5. The third-order valence-electron chi connectivity index (χ3n) is 4.82. The van der Waals surface area contributed by atoms with Crippen LogP contribution in [-0.2, 0) is 4.74 Å². The number of furan rings is 1. The highest BCUT2D eigenvalue weighted by molar-refractivity contribution is 5.99. The van der Waals surface area contributed by atoms with E-state index < -0.39 is 6.10 Å². The number of nitrogens with zero attached hydrogens (tertiary/aromatic N) is 4. The van der Waals surface area contributed by atoms with Crippen LogP contribution >= 0.6 is 0 Å². The second kappa shape index (κ2) is 9.47. The Hall–Kier alpha value is -3.30. The van der Waals surface area contributed by atoms with Gasteiger partial charge >= 0.3 is 0 Å². The SMILES string of the molecule is O=C(NCCC(O)c1ccco1)c1cnc(N2CCOCC2)nc1-c1cccnc1. The molecule has 3 aromatic heterocycles. The van der Waals surface area contributed by atoms with Crippen LogP contribution in [0.3, 0.4) is 0 Å². The Balaban J connectivity index is 1.51. The van der Waals surface area contributed by atoms with Gasteiger partial charge in [-0.2, -0.15) is 0 Å². The monoisotopic (exact) mass is 409 g/mol. The summed E-state index contributed by atoms with van der Waals surface area (Å²) in [6, 6.07) is 7.07. The van der Waals surface area contributed by atoms with Crippen LogP contribution in [0.2, 0.25) is 0 Å². The summed E-state index contributed by atoms with van der Waals surface area (Å²) in [6.45, 7) is 2.90. The number of anilines is 1. The van der Waals surface area contributed by atoms with Gasteiger partial charge in [0.15, 0.2) is 0 Å². The first kappa shape index (κ1) is 20.0. The maximum atomic E-state index is 12.8. The fraction of sp³-hybridized carbons (Fsp3) is 0.333. The molecule has 1 amide bonds. The van der Waals surface area contributed by atoms with E-state index in [2.05, 4.69) is 20.3 Å². The van der Waals surface area contributed by atoms with E-state index in [4.69, 9.17) is 9.15 Å². The zero-order chi connectivity index (χ0) is 20.8. The number of amides is 1. The summed E-state index contributed by atoms with van der Waals surface area (Å²) in [5.41, 5.74) is 1.60. The van der Waals surface area contributed by atoms with Crippen molar-refractivity contribution < 1.29 is 19.1 Å². The summed E-state index contributed by atoms with van der Waals surface area (Å²) >= 11 is 0. The minimum absolute atomic E-state index is 0.276. The molecule has 0 aliphatic carbocycles. The molecule has 156 valence electrons. The third-order valence-corrected chi connectivity index (χ3v) is 4.82. The third kappa shape index (κ3) is 4.64. The van der Waals surface area contributed by atoms with E-state index in [0.29, 0.717) is 55.7 Å². The van der Waals surface area contributed by atoms with Gasteiger partial charge in [0.25, 0.3) is 5.91 Å². The molecule has 0 saturated carbocycles. The lowest BCUT2D eigenvalue weighted by Gasteiger charge is -2.27. The van der Waals surface area contributed by atoms with Gasteiger partial charge < -0.3 is 24.5 Å². The number of nitrogens with one attached hydrogen (secondary N) is 1. The van der Waals surface area contributed by atoms with Crippen molar-refractivity contribution in [1.82, 2.24) is 20.3 Å². The van der Waals surface area contributed by atoms with Crippen LogP contribution in [0.1, 0.15) is 28.6 Å². The van der Waals surface area contributed by atoms with Gasteiger partial charge in [-0.15, -0.1) is 0 Å². The summed E-state index contributed by atoms with van der Waals surface area (Å²) < 4.78 is 10.6. The van der Waals surface area contributed by atoms with Crippen molar-refractivity contribution in [2.45, 2.75) is 12.5 Å². The van der Waals surface area contributed by atoms with Gasteiger partial charge in [-0.25, -0.2) is 9.97 Å². The molecule has 1 unspecified atom stereocenters. The summed E-state index contributed by atoms with van der Waals surface area (Å²) in [5, 5.41) is 12.9. The topological polar surface area (TPSA) is 114 Å². The first-order valence-electron chi connectivity index (χ1n) is 9.82. The lowest BCUT2D eigenvalue weighted by atomic mass is 10.1. The minimum atomic E-state index is -0.780. The predicted octanol–water partition coefficient (Wildman–Crippen LogP) is 1.82. The second-order valence-corrected chi connectivity index (χ2v) is 6.85. The van der Waals surface area contributed by atoms with Gasteiger partial charge in [0.05, 0.1) is 30.7 Å². The molecule has 4 heterocycles. The van der Waals surface area contributed by atoms with Crippen molar-refractivity contribution in [2.24, 2.45) is 0 Å². The van der Waals surface area contributed by atoms with Gasteiger partial charge in [0, 0.05) is 43.8 Å². The molecule has 0 radical (unpaired) electrons. The van der Waals surface area contributed by atoms with Crippen LogP contribution in [0, 0.1) is 0 Å². The van der Waals surface area contributed by atoms with Gasteiger partial charge in [0.2, 0.25) is 5.95 Å². The Morgan fingerprint density at radius 1 is 1.23 bits per heavy atom. The first-order valence-corrected chi connectivity index (χ1v) is 9.82. The smallest absolute Gasteiger partial charge is 0.255 e. The van der Waals surface area contributed by atoms with E-state index in [0.717, 1.165) is 5.56 Å². The van der Waals surface area contributed by atoms with Gasteiger partial charge in [-0.1, -0.05) is 0 Å². The number of carbonyl (C=O) groups excluding carboxylic acids is 1. The molecule has 1 atom stereocenters. The van der Waals surface area contributed by atoms with Gasteiger partial charge in [-0.3, -0.25) is 9.78 Å². The Morgan fingerprint density at radius 3 is 2.83 bits per heavy atom. The molecule has 0 aromatic carbocycles. The molecule has 3 aromatic rings. The average molecular weight is 409 g/mol. The molecule has 1 saturated heterocycles. The number of pyridine rings is 1. The largest absolute Gasteiger partial charge is 0.467 e. The van der Waals surface area contributed by atoms with Crippen LogP contribution in [0.15, 0.2) is 53.5 Å². The van der Waals surface area contributed by atoms with Gasteiger partial charge in [0.1, 0.15) is 11.9 Å². The number of rotatable bonds is 7. The normalized spacial score (nSPS) is 15.0. The molecular formula is C21H23N5O4. The predicted molar refractivity (Wildman–Crippen MR) is 109 cm³/mol. The van der Waals surface area contributed by atoms with Gasteiger partial charge in [-0.05, 0) is 30.7 Å². The van der Waals surface area contributed by atoms with Crippen molar-refractivity contribution >= 4 is 11.9 Å². The highest BCUT2D eigenvalue weighted by Crippen LogP contribution is 2.23. The second-order valence-electron chi connectivity index (χ2n) is 6.85. The van der Waals surface area contributed by atoms with E-state index in [1.807, 2.05) is 11.0 Å². The van der Waals surface area contributed by atoms with Crippen molar-refractivity contribution in [3.05, 3.63) is 60.4 Å². The zero-order valence-electron chi connectivity index (χ0n) is 16.4. The molecule has 0 spiro atoms. The van der Waals surface area contributed by atoms with Crippen molar-refractivity contribution in [3.63, 3.8) is 0 Å². The molecule has 1 aliphatic rings. The van der Waals surface area contributed by atoms with Crippen LogP contribution < -0.4 is 10.2 Å². The molecule has 2 N–H and O–H groups in total. The quantitative estimate of drug-likeness (QED) is 0.608. The van der Waals surface area contributed by atoms with E-state index in [1.165, 1.54) is 6.26 Å². The lowest BCUT2D eigenvalue weighted by Crippen LogP contribution is -2.37. The maximum absolute atomic E-state index is 12.8. The fourth-order valence-corrected chi connectivity index (χ4v) is 3.22. The standard InChI is InChI=1S/C21H23N5O4/c27-17(18-4-2-10-30-18)5-7-23-20(28)16-14-24-21(26-8-11-29-12-9-26)25-19(16)15-3-1-6-22-13-15/h1-4,6,10,13-14,17,27H,5,7-9,11-12H2,(H,23,28). The maximum Gasteiger partial charge on any atom is 0.255 e. The van der Waals surface area contributed by atoms with E-state index in [9.17, 15) is 9.90 Å². The molecule has 0 bridgehead atoms. The minimum Gasteiger partial charge on any atom is -0.467 e. The number of aliphatic hydroxyl groups is 1. The van der Waals surface area contributed by atoms with Crippen LogP contribution in [0.25, 0.3) is 11.3 Å². The Morgan fingerprint density at radius 2 is 2.10 bits per heavy atom. The van der Waals surface area contributed by atoms with Crippen LogP contribution in [0.5, 0.6) is 0 Å². The zero-order valence-corrected chi connectivity index (χ0v) is 16.4. The number of aromatic nitrogens is 3. The molecule has 4 rings (SSSR count). The number of morpholine rings is 1. The summed E-state index contributed by atoms with van der Waals surface area (Å²) in [5.74, 6) is 0.717. The molecule has 1 aliphatic heterocycles. The number of aliphatic hydroxyl groups excluding tert-OH is 1. The summed E-state index contributed by atoms with van der Waals surface area (Å²) in [4.78, 5) is 28.1. The summed E-state index contributed by atoms with van der Waals surface area (Å²) in [6.07, 6.45) is 5.93. The lowest BCUT2D eigenvalue weighted by molar-refractivity contribution is 0.0936. The Bertz CT molecular complexity index is 959. The Labute approximate surface area is 173 Å². The molecule has 30 heavy (non-hydrogen) atoms. The van der Waals surface area contributed by atoms with Crippen molar-refractivity contribution in [1.29, 1.82) is 0 Å². The van der Waals surface area contributed by atoms with E-state index in [-0.39, 0.29) is 12.5 Å². The molecule has 9 nitrogen and oxygen atoms in total. The number of ether oxygens (including phenoxy) is 1.